The number of aliphatic hydroxyl groups is 4. The molecule has 0 aromatic rings. The van der Waals surface area contributed by atoms with Crippen LogP contribution in [-0.4, -0.2) is 57.3 Å². The zero-order valence-corrected chi connectivity index (χ0v) is 45.7. The lowest BCUT2D eigenvalue weighted by atomic mass is 9.99. The Hall–Kier alpha value is -0.690. The molecule has 0 radical (unpaired) electrons. The molecule has 67 heavy (non-hydrogen) atoms. The summed E-state index contributed by atoms with van der Waals surface area (Å²) in [5.74, 6) is -0.574. The van der Waals surface area contributed by atoms with Gasteiger partial charge in [-0.3, -0.25) is 4.79 Å². The molecule has 0 aliphatic carbocycles. The first kappa shape index (κ1) is 66.3. The van der Waals surface area contributed by atoms with Crippen molar-refractivity contribution in [2.45, 2.75) is 379 Å². The van der Waals surface area contributed by atoms with Gasteiger partial charge >= 0.3 is 0 Å². The van der Waals surface area contributed by atoms with Gasteiger partial charge in [0.15, 0.2) is 0 Å². The van der Waals surface area contributed by atoms with Gasteiger partial charge in [0.25, 0.3) is 0 Å². The third kappa shape index (κ3) is 50.1. The first-order valence-electron chi connectivity index (χ1n) is 30.9. The van der Waals surface area contributed by atoms with Crippen LogP contribution in [0.5, 0.6) is 0 Å². The second-order valence-corrected chi connectivity index (χ2v) is 21.8. The van der Waals surface area contributed by atoms with Crippen molar-refractivity contribution < 1.29 is 25.2 Å². The number of hydrogen-bond acceptors (Lipinski definition) is 5. The lowest BCUT2D eigenvalue weighted by molar-refractivity contribution is -0.132. The molecule has 0 heterocycles. The minimum Gasteiger partial charge on any atom is -0.394 e. The van der Waals surface area contributed by atoms with E-state index in [0.717, 1.165) is 38.5 Å². The van der Waals surface area contributed by atoms with Crippen LogP contribution in [-0.2, 0) is 4.79 Å². The van der Waals surface area contributed by atoms with Crippen molar-refractivity contribution in [2.75, 3.05) is 6.61 Å². The summed E-state index contributed by atoms with van der Waals surface area (Å²) in [6.45, 7) is 4.11. The van der Waals surface area contributed by atoms with E-state index in [2.05, 4.69) is 19.2 Å². The summed E-state index contributed by atoms with van der Waals surface area (Å²) in [5, 5.41) is 44.1. The van der Waals surface area contributed by atoms with E-state index in [-0.39, 0.29) is 0 Å². The molecule has 0 aliphatic heterocycles. The number of carbonyl (C=O) groups excluding carboxylic acids is 1. The van der Waals surface area contributed by atoms with Crippen LogP contribution in [0.4, 0.5) is 0 Å². The second kappa shape index (κ2) is 56.2. The van der Waals surface area contributed by atoms with Crippen molar-refractivity contribution >= 4 is 5.91 Å². The Balaban J connectivity index is 3.53. The molecule has 1 amide bonds. The molecule has 0 aromatic carbocycles. The maximum Gasteiger partial charge on any atom is 0.249 e. The molecule has 4 atom stereocenters. The smallest absolute Gasteiger partial charge is 0.249 e. The molecule has 4 unspecified atom stereocenters. The van der Waals surface area contributed by atoms with Gasteiger partial charge in [-0.25, -0.2) is 0 Å². The minimum atomic E-state index is -1.26. The van der Waals surface area contributed by atoms with Crippen LogP contribution in [0.25, 0.3) is 0 Å². The van der Waals surface area contributed by atoms with E-state index in [1.165, 1.54) is 289 Å². The number of amides is 1. The monoisotopic (exact) mass is 950 g/mol. The van der Waals surface area contributed by atoms with E-state index < -0.39 is 36.9 Å². The third-order valence-electron chi connectivity index (χ3n) is 15.1. The van der Waals surface area contributed by atoms with Crippen molar-refractivity contribution in [3.05, 3.63) is 0 Å². The third-order valence-corrected chi connectivity index (χ3v) is 15.1. The van der Waals surface area contributed by atoms with Gasteiger partial charge in [0.1, 0.15) is 12.2 Å². The lowest BCUT2D eigenvalue weighted by Gasteiger charge is -2.27. The van der Waals surface area contributed by atoms with Crippen LogP contribution in [0.2, 0.25) is 0 Å². The first-order valence-corrected chi connectivity index (χ1v) is 30.9. The van der Waals surface area contributed by atoms with Gasteiger partial charge in [-0.05, 0) is 12.8 Å². The van der Waals surface area contributed by atoms with Crippen LogP contribution < -0.4 is 5.32 Å². The van der Waals surface area contributed by atoms with Gasteiger partial charge in [0.2, 0.25) is 5.91 Å². The van der Waals surface area contributed by atoms with Gasteiger partial charge in [-0.15, -0.1) is 0 Å². The predicted molar refractivity (Wildman–Crippen MR) is 293 cm³/mol. The zero-order valence-electron chi connectivity index (χ0n) is 45.7. The highest BCUT2D eigenvalue weighted by molar-refractivity contribution is 5.80. The average Bonchev–Trinajstić information content (AvgIpc) is 3.33. The standard InChI is InChI=1S/C61H123NO5/c1-3-5-7-9-11-13-15-17-19-21-23-25-26-27-28-29-30-31-32-33-35-37-39-41-43-45-47-49-51-53-55-59(65)61(67)62-57(56-63)60(66)58(64)54-52-50-48-46-44-42-40-38-36-34-24-22-20-18-16-14-12-10-8-6-4-2/h57-60,63-66H,3-56H2,1-2H3,(H,62,67). The summed E-state index contributed by atoms with van der Waals surface area (Å²) < 4.78 is 0. The van der Waals surface area contributed by atoms with Crippen LogP contribution >= 0.6 is 0 Å². The molecule has 6 nitrogen and oxygen atoms in total. The number of unbranched alkanes of at least 4 members (excludes halogenated alkanes) is 49. The Kier molecular flexibility index (Phi) is 55.6. The van der Waals surface area contributed by atoms with Gasteiger partial charge in [0.05, 0.1) is 18.8 Å². The predicted octanol–water partition coefficient (Wildman–Crippen LogP) is 18.3. The quantitative estimate of drug-likeness (QED) is 0.0390. The summed E-state index contributed by atoms with van der Waals surface area (Å²) in [6.07, 6.45) is 66.2. The Bertz CT molecular complexity index is 933. The van der Waals surface area contributed by atoms with Crippen molar-refractivity contribution in [1.82, 2.24) is 5.32 Å². The minimum absolute atomic E-state index is 0.377. The van der Waals surface area contributed by atoms with Crippen molar-refractivity contribution in [1.29, 1.82) is 0 Å². The van der Waals surface area contributed by atoms with E-state index in [4.69, 9.17) is 0 Å². The van der Waals surface area contributed by atoms with Gasteiger partial charge in [0, 0.05) is 0 Å². The summed E-state index contributed by atoms with van der Waals surface area (Å²) in [7, 11) is 0. The van der Waals surface area contributed by atoms with Crippen molar-refractivity contribution in [2.24, 2.45) is 0 Å². The van der Waals surface area contributed by atoms with E-state index in [0.29, 0.717) is 12.8 Å². The highest BCUT2D eigenvalue weighted by Crippen LogP contribution is 2.19. The van der Waals surface area contributed by atoms with Gasteiger partial charge < -0.3 is 25.7 Å². The topological polar surface area (TPSA) is 110 Å². The molecule has 0 spiro atoms. The molecule has 0 bridgehead atoms. The molecule has 0 rings (SSSR count). The van der Waals surface area contributed by atoms with Crippen LogP contribution in [0.3, 0.4) is 0 Å². The fourth-order valence-electron chi connectivity index (χ4n) is 10.2. The van der Waals surface area contributed by atoms with Crippen LogP contribution in [0.1, 0.15) is 354 Å². The lowest BCUT2D eigenvalue weighted by Crippen LogP contribution is -2.53. The zero-order chi connectivity index (χ0) is 48.8. The fraction of sp³-hybridized carbons (Fsp3) is 0.984. The molecular weight excluding hydrogens is 827 g/mol. The Labute approximate surface area is 420 Å². The van der Waals surface area contributed by atoms with Crippen LogP contribution in [0.15, 0.2) is 0 Å². The number of hydrogen-bond donors (Lipinski definition) is 5. The summed E-state index contributed by atoms with van der Waals surface area (Å²) in [4.78, 5) is 12.6. The van der Waals surface area contributed by atoms with Gasteiger partial charge in [-0.1, -0.05) is 341 Å². The van der Waals surface area contributed by atoms with E-state index in [9.17, 15) is 25.2 Å². The molecule has 0 fully saturated rings. The highest BCUT2D eigenvalue weighted by atomic mass is 16.3. The molecule has 0 aliphatic rings. The summed E-state index contributed by atoms with van der Waals surface area (Å²) in [6, 6.07) is -0.981. The Morgan fingerprint density at radius 1 is 0.313 bits per heavy atom. The molecular formula is C61H123NO5. The van der Waals surface area contributed by atoms with Crippen molar-refractivity contribution in [3.63, 3.8) is 0 Å². The largest absolute Gasteiger partial charge is 0.394 e. The van der Waals surface area contributed by atoms with E-state index in [1.807, 2.05) is 0 Å². The fourth-order valence-corrected chi connectivity index (χ4v) is 10.2. The number of aliphatic hydroxyl groups excluding tert-OH is 4. The van der Waals surface area contributed by atoms with Gasteiger partial charge in [-0.2, -0.15) is 0 Å². The molecule has 402 valence electrons. The maximum atomic E-state index is 12.6. The molecule has 6 heteroatoms. The molecule has 5 N–H and O–H groups in total. The Morgan fingerprint density at radius 3 is 0.716 bits per heavy atom. The van der Waals surface area contributed by atoms with E-state index in [1.54, 1.807) is 0 Å². The normalized spacial score (nSPS) is 13.6. The molecule has 0 aromatic heterocycles. The molecule has 0 saturated heterocycles. The Morgan fingerprint density at radius 2 is 0.507 bits per heavy atom. The van der Waals surface area contributed by atoms with Crippen LogP contribution in [0, 0.1) is 0 Å². The maximum absolute atomic E-state index is 12.6. The number of nitrogens with one attached hydrogen (secondary N) is 1. The SMILES string of the molecule is CCCCCCCCCCCCCCCCCCCCCCCCCCCCCCCCC(O)C(=O)NC(CO)C(O)C(O)CCCCCCCCCCCCCCCCCCCCCCC. The van der Waals surface area contributed by atoms with E-state index >= 15 is 0 Å². The summed E-state index contributed by atoms with van der Waals surface area (Å²) in [5.41, 5.74) is 0. The second-order valence-electron chi connectivity index (χ2n) is 21.8. The summed E-state index contributed by atoms with van der Waals surface area (Å²) >= 11 is 0. The number of carbonyl (C=O) groups is 1. The molecule has 0 saturated carbocycles. The highest BCUT2D eigenvalue weighted by Gasteiger charge is 2.28. The first-order chi connectivity index (χ1) is 33.0. The van der Waals surface area contributed by atoms with Crippen molar-refractivity contribution in [3.8, 4) is 0 Å². The number of rotatable bonds is 58. The average molecular weight is 951 g/mol.